The summed E-state index contributed by atoms with van der Waals surface area (Å²) in [5.41, 5.74) is 2.60. The summed E-state index contributed by atoms with van der Waals surface area (Å²) in [7, 11) is 0. The van der Waals surface area contributed by atoms with Crippen molar-refractivity contribution in [3.05, 3.63) is 112 Å². The summed E-state index contributed by atoms with van der Waals surface area (Å²) in [6.45, 7) is 2.37. The average molecular weight is 403 g/mol. The number of hydrogen-bond acceptors (Lipinski definition) is 4. The topological polar surface area (TPSA) is 45.5 Å². The number of carbonyl (C=O) groups is 1. The number of carbonyl (C=O) groups excluding carboxylic acids is 1. The summed E-state index contributed by atoms with van der Waals surface area (Å²) in [6, 6.07) is 25.4. The summed E-state index contributed by atoms with van der Waals surface area (Å²) in [4.78, 5) is 16.1. The van der Waals surface area contributed by atoms with E-state index in [1.165, 1.54) is 4.88 Å². The zero-order valence-electron chi connectivity index (χ0n) is 16.0. The van der Waals surface area contributed by atoms with Crippen LogP contribution in [0.5, 0.6) is 0 Å². The summed E-state index contributed by atoms with van der Waals surface area (Å²) < 4.78 is 5.54. The van der Waals surface area contributed by atoms with Gasteiger partial charge < -0.3 is 9.73 Å². The minimum atomic E-state index is -0.103. The van der Waals surface area contributed by atoms with E-state index in [2.05, 4.69) is 27.7 Å². The number of nitrogens with one attached hydrogen (secondary N) is 1. The zero-order chi connectivity index (χ0) is 19.9. The first-order valence-corrected chi connectivity index (χ1v) is 10.4. The minimum absolute atomic E-state index is 0.103. The first-order chi connectivity index (χ1) is 14.3. The van der Waals surface area contributed by atoms with Gasteiger partial charge in [0.2, 0.25) is 0 Å². The van der Waals surface area contributed by atoms with Gasteiger partial charge in [-0.15, -0.1) is 11.3 Å². The van der Waals surface area contributed by atoms with Gasteiger partial charge in [-0.05, 0) is 53.4 Å². The van der Waals surface area contributed by atoms with Crippen molar-refractivity contribution in [2.24, 2.45) is 0 Å². The molecule has 0 aliphatic carbocycles. The van der Waals surface area contributed by atoms with Gasteiger partial charge in [0.25, 0.3) is 5.91 Å². The zero-order valence-corrected chi connectivity index (χ0v) is 16.8. The lowest BCUT2D eigenvalue weighted by Gasteiger charge is -2.21. The Morgan fingerprint density at radius 2 is 1.69 bits per heavy atom. The van der Waals surface area contributed by atoms with Crippen LogP contribution < -0.4 is 5.32 Å². The van der Waals surface area contributed by atoms with Crippen LogP contribution in [0.3, 0.4) is 0 Å². The molecule has 0 aliphatic heterocycles. The number of rotatable bonds is 8. The molecule has 2 aromatic carbocycles. The third kappa shape index (κ3) is 5.44. The smallest absolute Gasteiger partial charge is 0.255 e. The highest BCUT2D eigenvalue weighted by atomic mass is 32.1. The lowest BCUT2D eigenvalue weighted by Crippen LogP contribution is -2.21. The van der Waals surface area contributed by atoms with Crippen LogP contribution in [0.1, 0.15) is 26.6 Å². The number of benzene rings is 2. The van der Waals surface area contributed by atoms with Crippen LogP contribution in [0.4, 0.5) is 5.69 Å². The monoisotopic (exact) mass is 402 g/mol. The van der Waals surface area contributed by atoms with Gasteiger partial charge >= 0.3 is 0 Å². The number of hydrogen-bond donors (Lipinski definition) is 1. The van der Waals surface area contributed by atoms with Gasteiger partial charge in [-0.25, -0.2) is 0 Å². The van der Waals surface area contributed by atoms with Gasteiger partial charge in [-0.2, -0.15) is 0 Å². The molecule has 5 heteroatoms. The normalized spacial score (nSPS) is 10.9. The standard InChI is InChI=1S/C24H22N2O2S/c27-24(25-21-6-2-1-3-7-21)20-12-10-19(11-13-20)16-26(17-22-8-4-14-28-22)18-23-9-5-15-29-23/h1-15H,16-18H2,(H,25,27). The van der Waals surface area contributed by atoms with E-state index in [0.29, 0.717) is 5.56 Å². The Hall–Kier alpha value is -3.15. The van der Waals surface area contributed by atoms with Crippen LogP contribution in [0.25, 0.3) is 0 Å². The molecule has 0 saturated heterocycles. The Kier molecular flexibility index (Phi) is 6.19. The van der Waals surface area contributed by atoms with Crippen LogP contribution in [0, 0.1) is 0 Å². The summed E-state index contributed by atoms with van der Waals surface area (Å²) in [6.07, 6.45) is 1.71. The quantitative estimate of drug-likeness (QED) is 0.405. The fourth-order valence-electron chi connectivity index (χ4n) is 3.16. The van der Waals surface area contributed by atoms with Crippen LogP contribution in [0.15, 0.2) is 94.9 Å². The Bertz CT molecular complexity index is 974. The maximum Gasteiger partial charge on any atom is 0.255 e. The second-order valence-electron chi connectivity index (χ2n) is 6.82. The van der Waals surface area contributed by atoms with Crippen molar-refractivity contribution in [2.75, 3.05) is 5.32 Å². The molecule has 2 heterocycles. The lowest BCUT2D eigenvalue weighted by atomic mass is 10.1. The largest absolute Gasteiger partial charge is 0.468 e. The number of furan rings is 1. The van der Waals surface area contributed by atoms with Crippen molar-refractivity contribution in [3.63, 3.8) is 0 Å². The molecule has 146 valence electrons. The molecule has 4 nitrogen and oxygen atoms in total. The second kappa shape index (κ2) is 9.37. The maximum absolute atomic E-state index is 12.4. The van der Waals surface area contributed by atoms with Crippen molar-refractivity contribution in [3.8, 4) is 0 Å². The fourth-order valence-corrected chi connectivity index (χ4v) is 3.90. The minimum Gasteiger partial charge on any atom is -0.468 e. The molecule has 0 fully saturated rings. The number of anilines is 1. The SMILES string of the molecule is O=C(Nc1ccccc1)c1ccc(CN(Cc2ccco2)Cc2cccs2)cc1. The third-order valence-corrected chi connectivity index (χ3v) is 5.43. The number of nitrogens with zero attached hydrogens (tertiary/aromatic N) is 1. The van der Waals surface area contributed by atoms with E-state index in [4.69, 9.17) is 4.42 Å². The van der Waals surface area contributed by atoms with Crippen molar-refractivity contribution in [1.29, 1.82) is 0 Å². The molecule has 0 atom stereocenters. The summed E-state index contributed by atoms with van der Waals surface area (Å²) in [5.74, 6) is 0.842. The van der Waals surface area contributed by atoms with E-state index in [-0.39, 0.29) is 5.91 Å². The van der Waals surface area contributed by atoms with Crippen molar-refractivity contribution in [1.82, 2.24) is 4.90 Å². The third-order valence-electron chi connectivity index (χ3n) is 4.57. The molecule has 0 spiro atoms. The van der Waals surface area contributed by atoms with E-state index >= 15 is 0 Å². The molecule has 0 bridgehead atoms. The van der Waals surface area contributed by atoms with E-state index in [1.54, 1.807) is 17.6 Å². The molecule has 1 amide bonds. The maximum atomic E-state index is 12.4. The molecule has 4 aromatic rings. The molecule has 0 aliphatic rings. The molecular weight excluding hydrogens is 380 g/mol. The highest BCUT2D eigenvalue weighted by Gasteiger charge is 2.12. The van der Waals surface area contributed by atoms with Crippen molar-refractivity contribution < 1.29 is 9.21 Å². The number of amides is 1. The van der Waals surface area contributed by atoms with Crippen molar-refractivity contribution in [2.45, 2.75) is 19.6 Å². The van der Waals surface area contributed by atoms with Crippen LogP contribution in [-0.2, 0) is 19.6 Å². The van der Waals surface area contributed by atoms with Gasteiger partial charge in [0.05, 0.1) is 12.8 Å². The summed E-state index contributed by atoms with van der Waals surface area (Å²) in [5, 5.41) is 5.02. The van der Waals surface area contributed by atoms with Crippen LogP contribution in [0.2, 0.25) is 0 Å². The molecule has 1 N–H and O–H groups in total. The van der Waals surface area contributed by atoms with Crippen LogP contribution in [-0.4, -0.2) is 10.8 Å². The van der Waals surface area contributed by atoms with Crippen molar-refractivity contribution >= 4 is 22.9 Å². The molecule has 4 rings (SSSR count). The lowest BCUT2D eigenvalue weighted by molar-refractivity contribution is 0.102. The van der Waals surface area contributed by atoms with Crippen LogP contribution >= 0.6 is 11.3 Å². The molecule has 0 unspecified atom stereocenters. The number of para-hydroxylation sites is 1. The highest BCUT2D eigenvalue weighted by Crippen LogP contribution is 2.18. The van der Waals surface area contributed by atoms with Gasteiger partial charge in [-0.3, -0.25) is 9.69 Å². The summed E-state index contributed by atoms with van der Waals surface area (Å²) >= 11 is 1.76. The molecule has 2 aromatic heterocycles. The van der Waals surface area contributed by atoms with E-state index in [9.17, 15) is 4.79 Å². The van der Waals surface area contributed by atoms with E-state index in [1.807, 2.05) is 66.7 Å². The van der Waals surface area contributed by atoms with Gasteiger partial charge in [0, 0.05) is 29.2 Å². The Balaban J connectivity index is 1.42. The fraction of sp³-hybridized carbons (Fsp3) is 0.125. The first kappa shape index (κ1) is 19.2. The van der Waals surface area contributed by atoms with Gasteiger partial charge in [0.1, 0.15) is 5.76 Å². The average Bonchev–Trinajstić information content (AvgIpc) is 3.44. The van der Waals surface area contributed by atoms with Gasteiger partial charge in [0.15, 0.2) is 0 Å². The molecule has 29 heavy (non-hydrogen) atoms. The van der Waals surface area contributed by atoms with E-state index in [0.717, 1.165) is 36.6 Å². The molecule has 0 radical (unpaired) electrons. The predicted octanol–water partition coefficient (Wildman–Crippen LogP) is 5.80. The Labute approximate surface area is 174 Å². The number of thiophene rings is 1. The first-order valence-electron chi connectivity index (χ1n) is 9.49. The predicted molar refractivity (Wildman–Crippen MR) is 117 cm³/mol. The van der Waals surface area contributed by atoms with E-state index < -0.39 is 0 Å². The second-order valence-corrected chi connectivity index (χ2v) is 7.85. The highest BCUT2D eigenvalue weighted by molar-refractivity contribution is 7.09. The van der Waals surface area contributed by atoms with Gasteiger partial charge in [-0.1, -0.05) is 36.4 Å². The Morgan fingerprint density at radius 1 is 0.862 bits per heavy atom. The Morgan fingerprint density at radius 3 is 2.38 bits per heavy atom. The molecular formula is C24H22N2O2S. The molecule has 0 saturated carbocycles.